The Bertz CT molecular complexity index is 527. The molecule has 108 valence electrons. The summed E-state index contributed by atoms with van der Waals surface area (Å²) in [5.41, 5.74) is 6.76. The first kappa shape index (κ1) is 15.0. The molecule has 0 aromatic carbocycles. The van der Waals surface area contributed by atoms with Crippen LogP contribution in [0.15, 0.2) is 12.1 Å². The monoisotopic (exact) mass is 276 g/mol. The van der Waals surface area contributed by atoms with Crippen molar-refractivity contribution in [1.29, 1.82) is 0 Å². The van der Waals surface area contributed by atoms with E-state index in [0.717, 1.165) is 11.2 Å². The van der Waals surface area contributed by atoms with Gasteiger partial charge in [0.25, 0.3) is 0 Å². The number of carbonyl (C=O) groups is 1. The maximum absolute atomic E-state index is 11.0. The fraction of sp³-hybridized carbons (Fsp3) is 0.571. The molecule has 2 N–H and O–H groups in total. The van der Waals surface area contributed by atoms with E-state index in [1.54, 1.807) is 0 Å². The lowest BCUT2D eigenvalue weighted by atomic mass is 9.78. The SMILES string of the molecule is Cc1cc(B2OC(C)(C)C(C)(C)O2)cc(CC(N)=O)n1. The molecule has 2 rings (SSSR count). The molecule has 0 unspecified atom stereocenters. The minimum atomic E-state index is -0.451. The van der Waals surface area contributed by atoms with E-state index in [1.165, 1.54) is 0 Å². The van der Waals surface area contributed by atoms with Crippen LogP contribution in [0, 0.1) is 6.92 Å². The normalized spacial score (nSPS) is 20.1. The van der Waals surface area contributed by atoms with Crippen molar-refractivity contribution in [3.8, 4) is 0 Å². The van der Waals surface area contributed by atoms with Gasteiger partial charge in [-0.2, -0.15) is 0 Å². The van der Waals surface area contributed by atoms with Gasteiger partial charge in [-0.3, -0.25) is 9.78 Å². The van der Waals surface area contributed by atoms with Crippen LogP contribution in [-0.4, -0.2) is 29.2 Å². The van der Waals surface area contributed by atoms with Gasteiger partial charge < -0.3 is 15.0 Å². The summed E-state index contributed by atoms with van der Waals surface area (Å²) in [5.74, 6) is -0.400. The van der Waals surface area contributed by atoms with Gasteiger partial charge in [0.15, 0.2) is 0 Å². The number of hydrogen-bond acceptors (Lipinski definition) is 4. The van der Waals surface area contributed by atoms with E-state index in [9.17, 15) is 4.79 Å². The van der Waals surface area contributed by atoms with Crippen molar-refractivity contribution >= 4 is 18.5 Å². The Morgan fingerprint density at radius 1 is 1.25 bits per heavy atom. The topological polar surface area (TPSA) is 74.4 Å². The van der Waals surface area contributed by atoms with Crippen molar-refractivity contribution in [2.45, 2.75) is 52.2 Å². The van der Waals surface area contributed by atoms with Crippen LogP contribution < -0.4 is 11.2 Å². The lowest BCUT2D eigenvalue weighted by Gasteiger charge is -2.32. The Balaban J connectivity index is 2.30. The summed E-state index contributed by atoms with van der Waals surface area (Å²) in [6.45, 7) is 9.90. The second kappa shape index (κ2) is 4.86. The number of nitrogens with two attached hydrogens (primary N) is 1. The molecular weight excluding hydrogens is 255 g/mol. The third-order valence-electron chi connectivity index (χ3n) is 3.91. The standard InChI is InChI=1S/C14H21BN2O3/c1-9-6-10(7-11(17-9)8-12(16)18)15-19-13(2,3)14(4,5)20-15/h6-7H,8H2,1-5H3,(H2,16,18). The highest BCUT2D eigenvalue weighted by molar-refractivity contribution is 6.62. The van der Waals surface area contributed by atoms with Gasteiger partial charge in [-0.15, -0.1) is 0 Å². The van der Waals surface area contributed by atoms with Gasteiger partial charge in [-0.1, -0.05) is 0 Å². The molecule has 1 aromatic rings. The van der Waals surface area contributed by atoms with Crippen molar-refractivity contribution in [2.24, 2.45) is 5.73 Å². The molecule has 0 atom stereocenters. The Morgan fingerprint density at radius 3 is 2.30 bits per heavy atom. The average Bonchev–Trinajstić information content (AvgIpc) is 2.46. The number of nitrogens with zero attached hydrogens (tertiary/aromatic N) is 1. The van der Waals surface area contributed by atoms with Crippen LogP contribution in [0.4, 0.5) is 0 Å². The van der Waals surface area contributed by atoms with Crippen LogP contribution >= 0.6 is 0 Å². The van der Waals surface area contributed by atoms with Crippen LogP contribution in [0.3, 0.4) is 0 Å². The maximum atomic E-state index is 11.0. The molecule has 0 spiro atoms. The quantitative estimate of drug-likeness (QED) is 0.825. The summed E-state index contributed by atoms with van der Waals surface area (Å²) in [7, 11) is -0.451. The van der Waals surface area contributed by atoms with Gasteiger partial charge in [0, 0.05) is 11.4 Å². The number of amides is 1. The van der Waals surface area contributed by atoms with Gasteiger partial charge in [0.1, 0.15) is 0 Å². The molecule has 5 nitrogen and oxygen atoms in total. The molecule has 0 aliphatic carbocycles. The number of aromatic nitrogens is 1. The zero-order valence-corrected chi connectivity index (χ0v) is 12.7. The lowest BCUT2D eigenvalue weighted by Crippen LogP contribution is -2.41. The Morgan fingerprint density at radius 2 is 1.80 bits per heavy atom. The van der Waals surface area contributed by atoms with Crippen LogP contribution in [0.5, 0.6) is 0 Å². The van der Waals surface area contributed by atoms with E-state index in [0.29, 0.717) is 5.69 Å². The van der Waals surface area contributed by atoms with Crippen molar-refractivity contribution < 1.29 is 14.1 Å². The largest absolute Gasteiger partial charge is 0.494 e. The molecule has 1 aliphatic heterocycles. The van der Waals surface area contributed by atoms with Gasteiger partial charge in [-0.25, -0.2) is 0 Å². The van der Waals surface area contributed by atoms with E-state index >= 15 is 0 Å². The molecule has 2 heterocycles. The number of carbonyl (C=O) groups excluding carboxylic acids is 1. The number of rotatable bonds is 3. The van der Waals surface area contributed by atoms with Crippen molar-refractivity contribution in [3.63, 3.8) is 0 Å². The predicted molar refractivity (Wildman–Crippen MR) is 77.6 cm³/mol. The van der Waals surface area contributed by atoms with Gasteiger partial charge >= 0.3 is 7.12 Å². The van der Waals surface area contributed by atoms with E-state index in [1.807, 2.05) is 46.8 Å². The highest BCUT2D eigenvalue weighted by atomic mass is 16.7. The summed E-state index contributed by atoms with van der Waals surface area (Å²) < 4.78 is 12.0. The number of aryl methyl sites for hydroxylation is 1. The number of primary amides is 1. The second-order valence-electron chi connectivity index (χ2n) is 6.26. The van der Waals surface area contributed by atoms with Crippen molar-refractivity contribution in [2.75, 3.05) is 0 Å². The Kier molecular flexibility index (Phi) is 3.65. The fourth-order valence-electron chi connectivity index (χ4n) is 2.15. The first-order chi connectivity index (χ1) is 9.10. The molecule has 1 aliphatic rings. The maximum Gasteiger partial charge on any atom is 0.494 e. The third-order valence-corrected chi connectivity index (χ3v) is 3.91. The summed E-state index contributed by atoms with van der Waals surface area (Å²) in [5, 5.41) is 0. The molecule has 1 amide bonds. The highest BCUT2D eigenvalue weighted by Gasteiger charge is 2.51. The minimum absolute atomic E-state index is 0.119. The zero-order chi connectivity index (χ0) is 15.1. The van der Waals surface area contributed by atoms with E-state index in [2.05, 4.69) is 4.98 Å². The number of pyridine rings is 1. The van der Waals surface area contributed by atoms with E-state index in [-0.39, 0.29) is 6.42 Å². The summed E-state index contributed by atoms with van der Waals surface area (Å²) in [6, 6.07) is 3.73. The van der Waals surface area contributed by atoms with Crippen LogP contribution in [0.1, 0.15) is 39.1 Å². The summed E-state index contributed by atoms with van der Waals surface area (Å²) in [4.78, 5) is 15.3. The molecule has 1 fully saturated rings. The summed E-state index contributed by atoms with van der Waals surface area (Å²) in [6.07, 6.45) is 0.119. The van der Waals surface area contributed by atoms with Gasteiger partial charge in [-0.05, 0) is 52.2 Å². The third kappa shape index (κ3) is 2.86. The molecule has 0 saturated carbocycles. The fourth-order valence-corrected chi connectivity index (χ4v) is 2.15. The summed E-state index contributed by atoms with van der Waals surface area (Å²) >= 11 is 0. The van der Waals surface area contributed by atoms with Gasteiger partial charge in [0.05, 0.1) is 17.6 Å². The van der Waals surface area contributed by atoms with Crippen LogP contribution in [0.25, 0.3) is 0 Å². The molecule has 0 radical (unpaired) electrons. The van der Waals surface area contributed by atoms with E-state index < -0.39 is 24.2 Å². The zero-order valence-electron chi connectivity index (χ0n) is 12.7. The molecule has 0 bridgehead atoms. The molecule has 20 heavy (non-hydrogen) atoms. The van der Waals surface area contributed by atoms with Crippen LogP contribution in [-0.2, 0) is 20.5 Å². The number of hydrogen-bond donors (Lipinski definition) is 1. The second-order valence-corrected chi connectivity index (χ2v) is 6.26. The van der Waals surface area contributed by atoms with Crippen LogP contribution in [0.2, 0.25) is 0 Å². The first-order valence-electron chi connectivity index (χ1n) is 6.72. The van der Waals surface area contributed by atoms with Gasteiger partial charge in [0.2, 0.25) is 5.91 Å². The first-order valence-corrected chi connectivity index (χ1v) is 6.72. The molecule has 1 aromatic heterocycles. The highest BCUT2D eigenvalue weighted by Crippen LogP contribution is 2.36. The lowest BCUT2D eigenvalue weighted by molar-refractivity contribution is -0.117. The Hall–Kier alpha value is -1.40. The van der Waals surface area contributed by atoms with Crippen molar-refractivity contribution in [1.82, 2.24) is 4.98 Å². The molecular formula is C14H21BN2O3. The molecule has 1 saturated heterocycles. The van der Waals surface area contributed by atoms with E-state index in [4.69, 9.17) is 15.0 Å². The smallest absolute Gasteiger partial charge is 0.399 e. The Labute approximate surface area is 120 Å². The average molecular weight is 276 g/mol. The minimum Gasteiger partial charge on any atom is -0.399 e. The molecule has 6 heteroatoms. The van der Waals surface area contributed by atoms with Crippen molar-refractivity contribution in [3.05, 3.63) is 23.5 Å². The predicted octanol–water partition coefficient (Wildman–Crippen LogP) is 0.717.